The second-order valence-corrected chi connectivity index (χ2v) is 2.98. The van der Waals surface area contributed by atoms with E-state index in [0.717, 1.165) is 24.5 Å². The maximum absolute atomic E-state index is 5.29. The van der Waals surface area contributed by atoms with E-state index in [2.05, 4.69) is 10.3 Å². The molecule has 0 radical (unpaired) electrons. The number of methoxy groups -OCH3 is 1. The lowest BCUT2D eigenvalue weighted by atomic mass is 10.1. The molecule has 0 bridgehead atoms. The third-order valence-electron chi connectivity index (χ3n) is 2.23. The lowest BCUT2D eigenvalue weighted by Crippen LogP contribution is -2.00. The zero-order chi connectivity index (χ0) is 8.55. The normalized spacial score (nSPS) is 14.5. The second-order valence-electron chi connectivity index (χ2n) is 2.98. The number of nitrogens with zero attached hydrogens (tertiary/aromatic N) is 1. The van der Waals surface area contributed by atoms with E-state index in [1.54, 1.807) is 7.11 Å². The Morgan fingerprint density at radius 1 is 1.50 bits per heavy atom. The number of pyridine rings is 1. The molecular weight excluding hydrogens is 152 g/mol. The van der Waals surface area contributed by atoms with Crippen molar-refractivity contribution < 1.29 is 4.74 Å². The predicted octanol–water partition coefficient (Wildman–Crippen LogP) is 1.00. The number of aromatic nitrogens is 1. The van der Waals surface area contributed by atoms with Crippen molar-refractivity contribution in [2.75, 3.05) is 7.11 Å². The first-order valence-electron chi connectivity index (χ1n) is 4.05. The Morgan fingerprint density at radius 2 is 2.33 bits per heavy atom. The first kappa shape index (κ1) is 7.55. The van der Waals surface area contributed by atoms with Crippen LogP contribution < -0.4 is 10.1 Å². The fourth-order valence-electron chi connectivity index (χ4n) is 1.61. The first-order chi connectivity index (χ1) is 5.83. The molecule has 3 nitrogen and oxygen atoms in total. The molecule has 3 heteroatoms. The van der Waals surface area contributed by atoms with Gasteiger partial charge in [-0.3, -0.25) is 4.98 Å². The molecule has 1 aliphatic heterocycles. The third kappa shape index (κ3) is 0.975. The van der Waals surface area contributed by atoms with E-state index in [0.29, 0.717) is 0 Å². The van der Waals surface area contributed by atoms with Crippen molar-refractivity contribution in [1.82, 2.24) is 10.3 Å². The van der Waals surface area contributed by atoms with Gasteiger partial charge >= 0.3 is 0 Å². The summed E-state index contributed by atoms with van der Waals surface area (Å²) in [7, 11) is 1.70. The zero-order valence-electron chi connectivity index (χ0n) is 7.35. The van der Waals surface area contributed by atoms with Crippen molar-refractivity contribution in [3.8, 4) is 5.75 Å². The summed E-state index contributed by atoms with van der Waals surface area (Å²) < 4.78 is 5.29. The van der Waals surface area contributed by atoms with Crippen LogP contribution in [0.25, 0.3) is 0 Å². The van der Waals surface area contributed by atoms with Crippen LogP contribution in [0, 0.1) is 6.92 Å². The molecule has 0 unspecified atom stereocenters. The molecule has 0 aromatic carbocycles. The lowest BCUT2D eigenvalue weighted by Gasteiger charge is -2.08. The number of ether oxygens (including phenoxy) is 1. The number of rotatable bonds is 1. The summed E-state index contributed by atoms with van der Waals surface area (Å²) in [5, 5.41) is 3.27. The Labute approximate surface area is 71.8 Å². The highest BCUT2D eigenvalue weighted by molar-refractivity contribution is 5.43. The molecule has 64 valence electrons. The van der Waals surface area contributed by atoms with Crippen molar-refractivity contribution in [1.29, 1.82) is 0 Å². The van der Waals surface area contributed by atoms with E-state index >= 15 is 0 Å². The van der Waals surface area contributed by atoms with Gasteiger partial charge in [-0.2, -0.15) is 0 Å². The van der Waals surface area contributed by atoms with Gasteiger partial charge in [0.25, 0.3) is 0 Å². The smallest absolute Gasteiger partial charge is 0.144 e. The first-order valence-corrected chi connectivity index (χ1v) is 4.05. The molecule has 0 fully saturated rings. The number of hydrogen-bond donors (Lipinski definition) is 1. The topological polar surface area (TPSA) is 34.1 Å². The molecule has 1 N–H and O–H groups in total. The van der Waals surface area contributed by atoms with Crippen LogP contribution in [0.3, 0.4) is 0 Å². The van der Waals surface area contributed by atoms with Crippen LogP contribution >= 0.6 is 0 Å². The SMILES string of the molecule is COc1c(C)ncc2c1CNC2. The van der Waals surface area contributed by atoms with Crippen LogP contribution in [0.2, 0.25) is 0 Å². The van der Waals surface area contributed by atoms with Gasteiger partial charge in [0.15, 0.2) is 0 Å². The minimum Gasteiger partial charge on any atom is -0.495 e. The largest absolute Gasteiger partial charge is 0.495 e. The maximum Gasteiger partial charge on any atom is 0.144 e. The third-order valence-corrected chi connectivity index (χ3v) is 2.23. The highest BCUT2D eigenvalue weighted by Gasteiger charge is 2.16. The molecule has 1 aliphatic rings. The van der Waals surface area contributed by atoms with Crippen LogP contribution in [-0.4, -0.2) is 12.1 Å². The van der Waals surface area contributed by atoms with Gasteiger partial charge in [0.05, 0.1) is 12.8 Å². The monoisotopic (exact) mass is 164 g/mol. The average Bonchev–Trinajstić information content (AvgIpc) is 2.52. The summed E-state index contributed by atoms with van der Waals surface area (Å²) in [4.78, 5) is 4.26. The number of nitrogens with one attached hydrogen (secondary N) is 1. The molecule has 0 spiro atoms. The van der Waals surface area contributed by atoms with Crippen LogP contribution in [0.15, 0.2) is 6.20 Å². The van der Waals surface area contributed by atoms with Crippen molar-refractivity contribution in [2.45, 2.75) is 20.0 Å². The Balaban J connectivity index is 2.57. The number of aryl methyl sites for hydroxylation is 1. The van der Waals surface area contributed by atoms with Gasteiger partial charge in [0, 0.05) is 24.8 Å². The van der Waals surface area contributed by atoms with Crippen molar-refractivity contribution >= 4 is 0 Å². The molecule has 12 heavy (non-hydrogen) atoms. The van der Waals surface area contributed by atoms with Gasteiger partial charge in [-0.25, -0.2) is 0 Å². The fourth-order valence-corrected chi connectivity index (χ4v) is 1.61. The predicted molar refractivity (Wildman–Crippen MR) is 46.1 cm³/mol. The summed E-state index contributed by atoms with van der Waals surface area (Å²) in [6, 6.07) is 0. The fraction of sp³-hybridized carbons (Fsp3) is 0.444. The highest BCUT2D eigenvalue weighted by atomic mass is 16.5. The van der Waals surface area contributed by atoms with E-state index in [9.17, 15) is 0 Å². The molecule has 0 aliphatic carbocycles. The molecule has 0 amide bonds. The molecule has 2 rings (SSSR count). The highest BCUT2D eigenvalue weighted by Crippen LogP contribution is 2.27. The molecule has 0 saturated heterocycles. The van der Waals surface area contributed by atoms with Gasteiger partial charge in [-0.15, -0.1) is 0 Å². The minimum absolute atomic E-state index is 0.905. The van der Waals surface area contributed by atoms with E-state index in [1.807, 2.05) is 13.1 Å². The molecule has 1 aromatic heterocycles. The van der Waals surface area contributed by atoms with Crippen molar-refractivity contribution in [3.05, 3.63) is 23.0 Å². The Kier molecular flexibility index (Phi) is 1.73. The minimum atomic E-state index is 0.905. The second kappa shape index (κ2) is 2.75. The summed E-state index contributed by atoms with van der Waals surface area (Å²) in [6.07, 6.45) is 1.92. The van der Waals surface area contributed by atoms with E-state index in [4.69, 9.17) is 4.74 Å². The molecule has 2 heterocycles. The van der Waals surface area contributed by atoms with Crippen LogP contribution in [0.4, 0.5) is 0 Å². The number of hydrogen-bond acceptors (Lipinski definition) is 3. The Bertz CT molecular complexity index is 310. The van der Waals surface area contributed by atoms with Crippen molar-refractivity contribution in [2.24, 2.45) is 0 Å². The van der Waals surface area contributed by atoms with Crippen LogP contribution in [0.5, 0.6) is 5.75 Å². The summed E-state index contributed by atoms with van der Waals surface area (Å²) in [5.41, 5.74) is 3.50. The lowest BCUT2D eigenvalue weighted by molar-refractivity contribution is 0.404. The van der Waals surface area contributed by atoms with E-state index < -0.39 is 0 Å². The van der Waals surface area contributed by atoms with Gasteiger partial charge in [-0.05, 0) is 12.5 Å². The van der Waals surface area contributed by atoms with Crippen LogP contribution in [0.1, 0.15) is 16.8 Å². The summed E-state index contributed by atoms with van der Waals surface area (Å²) in [5.74, 6) is 0.942. The van der Waals surface area contributed by atoms with Gasteiger partial charge < -0.3 is 10.1 Å². The average molecular weight is 164 g/mol. The molecular formula is C9H12N2O. The quantitative estimate of drug-likeness (QED) is 0.672. The molecule has 0 atom stereocenters. The Hall–Kier alpha value is -1.09. The van der Waals surface area contributed by atoms with Gasteiger partial charge in [0.2, 0.25) is 0 Å². The van der Waals surface area contributed by atoms with Gasteiger partial charge in [-0.1, -0.05) is 0 Å². The summed E-state index contributed by atoms with van der Waals surface area (Å²) in [6.45, 7) is 3.79. The van der Waals surface area contributed by atoms with Crippen molar-refractivity contribution in [3.63, 3.8) is 0 Å². The standard InChI is InChI=1S/C9H12N2O/c1-6-9(12-2)8-5-10-3-7(8)4-11-6/h4,10H,3,5H2,1-2H3. The summed E-state index contributed by atoms with van der Waals surface area (Å²) >= 11 is 0. The zero-order valence-corrected chi connectivity index (χ0v) is 7.35. The molecule has 0 saturated carbocycles. The van der Waals surface area contributed by atoms with E-state index in [-0.39, 0.29) is 0 Å². The molecule has 1 aromatic rings. The number of fused-ring (bicyclic) bond motifs is 1. The maximum atomic E-state index is 5.29. The van der Waals surface area contributed by atoms with Crippen LogP contribution in [-0.2, 0) is 13.1 Å². The van der Waals surface area contributed by atoms with E-state index in [1.165, 1.54) is 11.1 Å². The Morgan fingerprint density at radius 3 is 3.08 bits per heavy atom. The van der Waals surface area contributed by atoms with Gasteiger partial charge in [0.1, 0.15) is 5.75 Å².